The van der Waals surface area contributed by atoms with E-state index in [2.05, 4.69) is 13.8 Å². The van der Waals surface area contributed by atoms with Gasteiger partial charge in [0, 0.05) is 11.0 Å². The highest BCUT2D eigenvalue weighted by atomic mass is 32.2. The lowest BCUT2D eigenvalue weighted by Crippen LogP contribution is -2.16. The minimum Gasteiger partial charge on any atom is -0.394 e. The van der Waals surface area contributed by atoms with E-state index < -0.39 is 6.10 Å². The lowest BCUT2D eigenvalue weighted by Gasteiger charge is -2.10. The molecule has 2 unspecified atom stereocenters. The van der Waals surface area contributed by atoms with E-state index >= 15 is 0 Å². The highest BCUT2D eigenvalue weighted by Gasteiger charge is 2.04. The molecule has 0 amide bonds. The minimum absolute atomic E-state index is 0.122. The molecule has 0 aliphatic heterocycles. The lowest BCUT2D eigenvalue weighted by molar-refractivity contribution is 0.113. The molecular weight excluding hydrogens is 148 g/mol. The van der Waals surface area contributed by atoms with Crippen molar-refractivity contribution in [2.24, 2.45) is 0 Å². The molecule has 62 valence electrons. The third-order valence-corrected chi connectivity index (χ3v) is 2.84. The van der Waals surface area contributed by atoms with Gasteiger partial charge in [-0.15, -0.1) is 0 Å². The van der Waals surface area contributed by atoms with Gasteiger partial charge in [-0.3, -0.25) is 0 Å². The van der Waals surface area contributed by atoms with Crippen LogP contribution in [-0.4, -0.2) is 33.9 Å². The Kier molecular flexibility index (Phi) is 6.17. The van der Waals surface area contributed by atoms with Crippen molar-refractivity contribution in [1.29, 1.82) is 0 Å². The summed E-state index contributed by atoms with van der Waals surface area (Å²) in [6.45, 7) is 4.11. The van der Waals surface area contributed by atoms with Crippen LogP contribution in [0.1, 0.15) is 20.3 Å². The van der Waals surface area contributed by atoms with Crippen LogP contribution in [0.3, 0.4) is 0 Å². The first kappa shape index (κ1) is 10.3. The fourth-order valence-electron chi connectivity index (χ4n) is 0.446. The van der Waals surface area contributed by atoms with E-state index in [1.165, 1.54) is 0 Å². The van der Waals surface area contributed by atoms with E-state index in [-0.39, 0.29) is 6.61 Å². The van der Waals surface area contributed by atoms with Crippen molar-refractivity contribution in [2.75, 3.05) is 12.4 Å². The van der Waals surface area contributed by atoms with Crippen molar-refractivity contribution >= 4 is 11.8 Å². The summed E-state index contributed by atoms with van der Waals surface area (Å²) in [6.07, 6.45) is 0.571. The van der Waals surface area contributed by atoms with E-state index in [4.69, 9.17) is 10.2 Å². The zero-order valence-corrected chi connectivity index (χ0v) is 7.40. The van der Waals surface area contributed by atoms with Crippen LogP contribution in [-0.2, 0) is 0 Å². The van der Waals surface area contributed by atoms with Gasteiger partial charge in [0.05, 0.1) is 12.7 Å². The second-order valence-electron chi connectivity index (χ2n) is 2.39. The largest absolute Gasteiger partial charge is 0.394 e. The second kappa shape index (κ2) is 6.01. The van der Waals surface area contributed by atoms with Gasteiger partial charge in [-0.2, -0.15) is 11.8 Å². The standard InChI is InChI=1S/C7H16O2S/c1-3-6(2)10-5-7(9)4-8/h6-9H,3-5H2,1-2H3. The maximum Gasteiger partial charge on any atom is 0.0861 e. The predicted octanol–water partition coefficient (Wildman–Crippen LogP) is 0.871. The second-order valence-corrected chi connectivity index (χ2v) is 3.86. The Morgan fingerprint density at radius 2 is 2.10 bits per heavy atom. The molecule has 0 bridgehead atoms. The first-order chi connectivity index (χ1) is 4.70. The van der Waals surface area contributed by atoms with Crippen LogP contribution in [0, 0.1) is 0 Å². The van der Waals surface area contributed by atoms with E-state index in [1.54, 1.807) is 11.8 Å². The molecule has 0 rings (SSSR count). The summed E-state index contributed by atoms with van der Waals surface area (Å²) in [5, 5.41) is 18.0. The molecule has 2 atom stereocenters. The highest BCUT2D eigenvalue weighted by Crippen LogP contribution is 2.13. The molecule has 0 saturated heterocycles. The summed E-state index contributed by atoms with van der Waals surface area (Å²) >= 11 is 1.70. The number of hydrogen-bond acceptors (Lipinski definition) is 3. The smallest absolute Gasteiger partial charge is 0.0861 e. The van der Waals surface area contributed by atoms with Gasteiger partial charge < -0.3 is 10.2 Å². The molecule has 2 N–H and O–H groups in total. The zero-order valence-electron chi connectivity index (χ0n) is 6.58. The fourth-order valence-corrected chi connectivity index (χ4v) is 1.34. The van der Waals surface area contributed by atoms with Gasteiger partial charge in [0.2, 0.25) is 0 Å². The maximum absolute atomic E-state index is 8.93. The summed E-state index contributed by atoms with van der Waals surface area (Å²) in [5.41, 5.74) is 0. The summed E-state index contributed by atoms with van der Waals surface area (Å²) in [7, 11) is 0. The third kappa shape index (κ3) is 5.09. The van der Waals surface area contributed by atoms with Gasteiger partial charge in [0.25, 0.3) is 0 Å². The molecule has 0 aromatic carbocycles. The van der Waals surface area contributed by atoms with Crippen molar-refractivity contribution in [1.82, 2.24) is 0 Å². The molecule has 0 aliphatic carbocycles. The Labute approximate surface area is 66.6 Å². The van der Waals surface area contributed by atoms with Crippen LogP contribution >= 0.6 is 11.8 Å². The molecule has 0 aromatic rings. The summed E-state index contributed by atoms with van der Waals surface area (Å²) in [5.74, 6) is 0.644. The SMILES string of the molecule is CCC(C)SCC(O)CO. The summed E-state index contributed by atoms with van der Waals surface area (Å²) in [6, 6.07) is 0. The van der Waals surface area contributed by atoms with Crippen LogP contribution in [0.25, 0.3) is 0 Å². The van der Waals surface area contributed by atoms with E-state index in [0.29, 0.717) is 11.0 Å². The first-order valence-corrected chi connectivity index (χ1v) is 4.66. The first-order valence-electron chi connectivity index (χ1n) is 3.61. The summed E-state index contributed by atoms with van der Waals surface area (Å²) in [4.78, 5) is 0. The Hall–Kier alpha value is 0.270. The van der Waals surface area contributed by atoms with Crippen molar-refractivity contribution < 1.29 is 10.2 Å². The third-order valence-electron chi connectivity index (χ3n) is 1.36. The van der Waals surface area contributed by atoms with Gasteiger partial charge >= 0.3 is 0 Å². The van der Waals surface area contributed by atoms with Crippen LogP contribution in [0.4, 0.5) is 0 Å². The van der Waals surface area contributed by atoms with E-state index in [9.17, 15) is 0 Å². The van der Waals surface area contributed by atoms with Crippen LogP contribution in [0.15, 0.2) is 0 Å². The normalized spacial score (nSPS) is 16.8. The molecular formula is C7H16O2S. The Balaban J connectivity index is 3.17. The number of rotatable bonds is 5. The van der Waals surface area contributed by atoms with Crippen LogP contribution < -0.4 is 0 Å². The fraction of sp³-hybridized carbons (Fsp3) is 1.00. The van der Waals surface area contributed by atoms with Gasteiger partial charge in [-0.1, -0.05) is 13.8 Å². The summed E-state index contributed by atoms with van der Waals surface area (Å²) < 4.78 is 0. The van der Waals surface area contributed by atoms with E-state index in [1.807, 2.05) is 0 Å². The number of aliphatic hydroxyl groups excluding tert-OH is 2. The Morgan fingerprint density at radius 1 is 1.50 bits per heavy atom. The molecule has 0 aromatic heterocycles. The highest BCUT2D eigenvalue weighted by molar-refractivity contribution is 7.99. The molecule has 0 fully saturated rings. The van der Waals surface area contributed by atoms with Gasteiger partial charge in [0.15, 0.2) is 0 Å². The van der Waals surface area contributed by atoms with Crippen molar-refractivity contribution in [3.05, 3.63) is 0 Å². The Bertz CT molecular complexity index is 68.0. The quantitative estimate of drug-likeness (QED) is 0.633. The van der Waals surface area contributed by atoms with Crippen molar-refractivity contribution in [3.8, 4) is 0 Å². The maximum atomic E-state index is 8.93. The van der Waals surface area contributed by atoms with Gasteiger partial charge in [-0.05, 0) is 6.42 Å². The van der Waals surface area contributed by atoms with E-state index in [0.717, 1.165) is 6.42 Å². The van der Waals surface area contributed by atoms with Crippen LogP contribution in [0.2, 0.25) is 0 Å². The monoisotopic (exact) mass is 164 g/mol. The zero-order chi connectivity index (χ0) is 7.98. The number of hydrogen-bond donors (Lipinski definition) is 2. The molecule has 0 spiro atoms. The average Bonchev–Trinajstić information content (AvgIpc) is 1.99. The molecule has 2 nitrogen and oxygen atoms in total. The molecule has 0 heterocycles. The average molecular weight is 164 g/mol. The topological polar surface area (TPSA) is 40.5 Å². The van der Waals surface area contributed by atoms with Gasteiger partial charge in [-0.25, -0.2) is 0 Å². The van der Waals surface area contributed by atoms with Crippen molar-refractivity contribution in [2.45, 2.75) is 31.6 Å². The Morgan fingerprint density at radius 3 is 2.50 bits per heavy atom. The predicted molar refractivity (Wildman–Crippen MR) is 45.3 cm³/mol. The number of thioether (sulfide) groups is 1. The molecule has 3 heteroatoms. The lowest BCUT2D eigenvalue weighted by atomic mass is 10.4. The van der Waals surface area contributed by atoms with Gasteiger partial charge in [0.1, 0.15) is 0 Å². The molecule has 0 radical (unpaired) electrons. The molecule has 0 saturated carbocycles. The van der Waals surface area contributed by atoms with Crippen molar-refractivity contribution in [3.63, 3.8) is 0 Å². The van der Waals surface area contributed by atoms with Crippen LogP contribution in [0.5, 0.6) is 0 Å². The number of aliphatic hydroxyl groups is 2. The minimum atomic E-state index is -0.543. The molecule has 0 aliphatic rings. The molecule has 10 heavy (non-hydrogen) atoms.